The highest BCUT2D eigenvalue weighted by Crippen LogP contribution is 2.18. The fraction of sp³-hybridized carbons (Fsp3) is 0.714. The van der Waals surface area contributed by atoms with Crippen molar-refractivity contribution >= 4 is 0 Å². The lowest BCUT2D eigenvalue weighted by atomic mass is 9.96. The lowest BCUT2D eigenvalue weighted by Crippen LogP contribution is -2.33. The molecule has 0 amide bonds. The van der Waals surface area contributed by atoms with Crippen LogP contribution in [0.1, 0.15) is 26.7 Å². The van der Waals surface area contributed by atoms with E-state index in [1.807, 2.05) is 6.92 Å². The molecule has 1 unspecified atom stereocenters. The second-order valence-corrected chi connectivity index (χ2v) is 2.60. The van der Waals surface area contributed by atoms with Crippen LogP contribution >= 0.6 is 0 Å². The quantitative estimate of drug-likeness (QED) is 0.343. The largest absolute Gasteiger partial charge is 0.264 e. The summed E-state index contributed by atoms with van der Waals surface area (Å²) in [4.78, 5) is 10.2. The van der Waals surface area contributed by atoms with Crippen LogP contribution in [0.5, 0.6) is 0 Å². The summed E-state index contributed by atoms with van der Waals surface area (Å²) in [7, 11) is 0. The molecule has 0 bridgehead atoms. The van der Waals surface area contributed by atoms with Gasteiger partial charge in [-0.3, -0.25) is 10.1 Å². The molecule has 0 fully saturated rings. The Morgan fingerprint density at radius 3 is 2.40 bits per heavy atom. The zero-order chi connectivity index (χ0) is 8.20. The minimum atomic E-state index is -0.804. The summed E-state index contributed by atoms with van der Waals surface area (Å²) in [5.41, 5.74) is -0.804. The molecule has 1 atom stereocenters. The van der Waals surface area contributed by atoms with Gasteiger partial charge in [0.1, 0.15) is 0 Å². The lowest BCUT2D eigenvalue weighted by Gasteiger charge is -2.16. The van der Waals surface area contributed by atoms with E-state index in [1.54, 1.807) is 13.0 Å². The average molecular weight is 143 g/mol. The zero-order valence-electron chi connectivity index (χ0n) is 6.46. The van der Waals surface area contributed by atoms with E-state index in [0.717, 1.165) is 0 Å². The predicted molar refractivity (Wildman–Crippen MR) is 40.5 cm³/mol. The third-order valence-electron chi connectivity index (χ3n) is 1.79. The van der Waals surface area contributed by atoms with Crippen LogP contribution in [0.4, 0.5) is 0 Å². The first-order valence-electron chi connectivity index (χ1n) is 3.32. The summed E-state index contributed by atoms with van der Waals surface area (Å²) in [6, 6.07) is 0. The summed E-state index contributed by atoms with van der Waals surface area (Å²) in [5, 5.41) is 10.4. The second-order valence-electron chi connectivity index (χ2n) is 2.60. The van der Waals surface area contributed by atoms with Crippen molar-refractivity contribution in [2.24, 2.45) is 0 Å². The van der Waals surface area contributed by atoms with Crippen LogP contribution < -0.4 is 0 Å². The monoisotopic (exact) mass is 143 g/mol. The highest BCUT2D eigenvalue weighted by atomic mass is 16.6. The van der Waals surface area contributed by atoms with Crippen LogP contribution in [0.3, 0.4) is 0 Å². The Balaban J connectivity index is 4.21. The number of nitrogens with zero attached hydrogens (tertiary/aromatic N) is 1. The molecule has 58 valence electrons. The highest BCUT2D eigenvalue weighted by molar-refractivity contribution is 4.81. The summed E-state index contributed by atoms with van der Waals surface area (Å²) in [6.07, 6.45) is 2.58. The first-order valence-corrected chi connectivity index (χ1v) is 3.32. The van der Waals surface area contributed by atoms with E-state index in [1.165, 1.54) is 0 Å². The Labute approximate surface area is 60.9 Å². The third-order valence-corrected chi connectivity index (χ3v) is 1.79. The van der Waals surface area contributed by atoms with Crippen LogP contribution in [-0.4, -0.2) is 10.5 Å². The van der Waals surface area contributed by atoms with Crippen molar-refractivity contribution in [1.29, 1.82) is 0 Å². The van der Waals surface area contributed by atoms with E-state index >= 15 is 0 Å². The number of hydrogen-bond acceptors (Lipinski definition) is 2. The normalized spacial score (nSPS) is 15.8. The van der Waals surface area contributed by atoms with Crippen molar-refractivity contribution in [3.8, 4) is 0 Å². The Morgan fingerprint density at radius 2 is 2.30 bits per heavy atom. The molecule has 0 saturated carbocycles. The molecule has 0 aliphatic rings. The second kappa shape index (κ2) is 3.34. The molecule has 0 aromatic heterocycles. The van der Waals surface area contributed by atoms with Crippen LogP contribution in [0.2, 0.25) is 0 Å². The Morgan fingerprint density at radius 1 is 1.80 bits per heavy atom. The number of hydrogen-bond donors (Lipinski definition) is 0. The van der Waals surface area contributed by atoms with Gasteiger partial charge in [0.25, 0.3) is 0 Å². The smallest absolute Gasteiger partial charge is 0.222 e. The van der Waals surface area contributed by atoms with E-state index in [4.69, 9.17) is 0 Å². The van der Waals surface area contributed by atoms with Crippen molar-refractivity contribution in [2.45, 2.75) is 32.2 Å². The van der Waals surface area contributed by atoms with Crippen molar-refractivity contribution < 1.29 is 4.92 Å². The SMILES string of the molecule is C=CCC(C)(CC)[N+](=O)[O-]. The maximum absolute atomic E-state index is 10.4. The Kier molecular flexibility index (Phi) is 3.06. The number of rotatable bonds is 4. The molecule has 3 heteroatoms. The molecule has 10 heavy (non-hydrogen) atoms. The molecular formula is C7H13NO2. The molecule has 0 aliphatic heterocycles. The minimum Gasteiger partial charge on any atom is -0.264 e. The summed E-state index contributed by atoms with van der Waals surface area (Å²) >= 11 is 0. The average Bonchev–Trinajstić information content (AvgIpc) is 1.88. The lowest BCUT2D eigenvalue weighted by molar-refractivity contribution is -0.565. The van der Waals surface area contributed by atoms with Crippen LogP contribution in [0.15, 0.2) is 12.7 Å². The molecule has 0 aliphatic carbocycles. The van der Waals surface area contributed by atoms with Crippen molar-refractivity contribution in [3.05, 3.63) is 22.8 Å². The summed E-state index contributed by atoms with van der Waals surface area (Å²) in [5.74, 6) is 0. The minimum absolute atomic E-state index is 0.241. The Hall–Kier alpha value is -0.860. The molecule has 3 nitrogen and oxygen atoms in total. The first kappa shape index (κ1) is 9.14. The van der Waals surface area contributed by atoms with E-state index in [9.17, 15) is 10.1 Å². The highest BCUT2D eigenvalue weighted by Gasteiger charge is 2.32. The van der Waals surface area contributed by atoms with Gasteiger partial charge in [0.15, 0.2) is 0 Å². The molecule has 0 saturated heterocycles. The van der Waals surface area contributed by atoms with Gasteiger partial charge in [-0.25, -0.2) is 0 Å². The molecular weight excluding hydrogens is 130 g/mol. The third kappa shape index (κ3) is 1.83. The van der Waals surface area contributed by atoms with Crippen LogP contribution in [0, 0.1) is 10.1 Å². The number of nitro groups is 1. The molecule has 0 aromatic carbocycles. The summed E-state index contributed by atoms with van der Waals surface area (Å²) in [6.45, 7) is 6.92. The molecule has 0 heterocycles. The van der Waals surface area contributed by atoms with Crippen molar-refractivity contribution in [2.75, 3.05) is 0 Å². The van der Waals surface area contributed by atoms with Gasteiger partial charge in [0.2, 0.25) is 5.54 Å². The van der Waals surface area contributed by atoms with Gasteiger partial charge >= 0.3 is 0 Å². The van der Waals surface area contributed by atoms with E-state index in [0.29, 0.717) is 12.8 Å². The first-order chi connectivity index (χ1) is 4.56. The maximum Gasteiger partial charge on any atom is 0.222 e. The van der Waals surface area contributed by atoms with Gasteiger partial charge in [-0.2, -0.15) is 0 Å². The van der Waals surface area contributed by atoms with Crippen molar-refractivity contribution in [3.63, 3.8) is 0 Å². The molecule has 0 rings (SSSR count). The topological polar surface area (TPSA) is 43.1 Å². The van der Waals surface area contributed by atoms with Gasteiger partial charge in [-0.05, 0) is 0 Å². The fourth-order valence-electron chi connectivity index (χ4n) is 0.659. The van der Waals surface area contributed by atoms with Crippen LogP contribution in [-0.2, 0) is 0 Å². The molecule has 0 aromatic rings. The van der Waals surface area contributed by atoms with Gasteiger partial charge in [0, 0.05) is 24.7 Å². The maximum atomic E-state index is 10.4. The van der Waals surface area contributed by atoms with Gasteiger partial charge in [0.05, 0.1) is 0 Å². The van der Waals surface area contributed by atoms with Crippen molar-refractivity contribution in [1.82, 2.24) is 0 Å². The van der Waals surface area contributed by atoms with Gasteiger partial charge < -0.3 is 0 Å². The van der Waals surface area contributed by atoms with E-state index in [2.05, 4.69) is 6.58 Å². The van der Waals surface area contributed by atoms with E-state index in [-0.39, 0.29) is 4.92 Å². The predicted octanol–water partition coefficient (Wildman–Crippen LogP) is 2.01. The van der Waals surface area contributed by atoms with Gasteiger partial charge in [-0.1, -0.05) is 13.0 Å². The van der Waals surface area contributed by atoms with Gasteiger partial charge in [-0.15, -0.1) is 6.58 Å². The van der Waals surface area contributed by atoms with E-state index < -0.39 is 5.54 Å². The zero-order valence-corrected chi connectivity index (χ0v) is 6.46. The fourth-order valence-corrected chi connectivity index (χ4v) is 0.659. The standard InChI is InChI=1S/C7H13NO2/c1-4-6-7(3,5-2)8(9)10/h4H,1,5-6H2,2-3H3. The Bertz CT molecular complexity index is 145. The molecule has 0 N–H and O–H groups in total. The van der Waals surface area contributed by atoms with Crippen LogP contribution in [0.25, 0.3) is 0 Å². The molecule has 0 radical (unpaired) electrons. The summed E-state index contributed by atoms with van der Waals surface area (Å²) < 4.78 is 0. The molecule has 0 spiro atoms.